The number of nitro groups is 1. The molecule has 0 bridgehead atoms. The van der Waals surface area contributed by atoms with Crippen LogP contribution in [-0.2, 0) is 11.3 Å². The third kappa shape index (κ3) is 5.02. The lowest BCUT2D eigenvalue weighted by molar-refractivity contribution is -0.384. The van der Waals surface area contributed by atoms with Crippen LogP contribution in [0, 0.1) is 21.7 Å². The summed E-state index contributed by atoms with van der Waals surface area (Å²) in [6.07, 6.45) is 1.38. The summed E-state index contributed by atoms with van der Waals surface area (Å²) in [5.74, 6) is -2.15. The zero-order valence-corrected chi connectivity index (χ0v) is 17.5. The van der Waals surface area contributed by atoms with Gasteiger partial charge in [0.15, 0.2) is 17.1 Å². The van der Waals surface area contributed by atoms with Crippen LogP contribution in [0.15, 0.2) is 45.6 Å². The van der Waals surface area contributed by atoms with Crippen molar-refractivity contribution in [2.75, 3.05) is 13.1 Å². The number of amides is 1. The summed E-state index contributed by atoms with van der Waals surface area (Å²) in [6, 6.07) is 7.10. The molecule has 1 fully saturated rings. The summed E-state index contributed by atoms with van der Waals surface area (Å²) >= 11 is 0. The highest BCUT2D eigenvalue weighted by Crippen LogP contribution is 2.24. The van der Waals surface area contributed by atoms with Crippen LogP contribution >= 0.6 is 0 Å². The maximum absolute atomic E-state index is 13.8. The van der Waals surface area contributed by atoms with E-state index in [1.165, 1.54) is 28.8 Å². The van der Waals surface area contributed by atoms with Gasteiger partial charge in [0.2, 0.25) is 5.91 Å². The molecule has 2 aromatic carbocycles. The summed E-state index contributed by atoms with van der Waals surface area (Å²) in [5.41, 5.74) is 0.386. The molecular weight excluding hydrogens is 440 g/mol. The van der Waals surface area contributed by atoms with Gasteiger partial charge in [0, 0.05) is 51.0 Å². The Morgan fingerprint density at radius 2 is 1.94 bits per heavy atom. The van der Waals surface area contributed by atoms with Crippen molar-refractivity contribution in [1.82, 2.24) is 9.47 Å². The molecule has 9 nitrogen and oxygen atoms in total. The summed E-state index contributed by atoms with van der Waals surface area (Å²) < 4.78 is 38.8. The van der Waals surface area contributed by atoms with Crippen molar-refractivity contribution in [1.29, 1.82) is 0 Å². The summed E-state index contributed by atoms with van der Waals surface area (Å²) in [4.78, 5) is 36.6. The fraction of sp³-hybridized carbons (Fsp3) is 0.364. The topological polar surface area (TPSA) is 108 Å². The van der Waals surface area contributed by atoms with E-state index in [0.29, 0.717) is 37.9 Å². The highest BCUT2D eigenvalue weighted by Gasteiger charge is 2.24. The van der Waals surface area contributed by atoms with Gasteiger partial charge in [-0.1, -0.05) is 0 Å². The van der Waals surface area contributed by atoms with Crippen molar-refractivity contribution >= 4 is 22.7 Å². The molecule has 0 radical (unpaired) electrons. The van der Waals surface area contributed by atoms with E-state index < -0.39 is 22.3 Å². The molecular formula is C22H21F2N3O6. The first-order valence-corrected chi connectivity index (χ1v) is 10.5. The molecule has 0 atom stereocenters. The number of nitrogens with zero attached hydrogens (tertiary/aromatic N) is 3. The second-order valence-electron chi connectivity index (χ2n) is 7.81. The van der Waals surface area contributed by atoms with E-state index >= 15 is 0 Å². The molecule has 1 aliphatic heterocycles. The number of halogens is 2. The Bertz CT molecular complexity index is 1250. The van der Waals surface area contributed by atoms with E-state index in [1.54, 1.807) is 4.90 Å². The average Bonchev–Trinajstić information content (AvgIpc) is 3.10. The van der Waals surface area contributed by atoms with E-state index in [0.717, 1.165) is 12.1 Å². The van der Waals surface area contributed by atoms with Crippen molar-refractivity contribution in [3.05, 3.63) is 68.7 Å². The number of aromatic nitrogens is 1. The molecule has 0 N–H and O–H groups in total. The summed E-state index contributed by atoms with van der Waals surface area (Å²) in [5, 5.41) is 10.9. The number of hydrogen-bond acceptors (Lipinski definition) is 6. The lowest BCUT2D eigenvalue weighted by atomic mass is 10.1. The minimum absolute atomic E-state index is 0.00992. The number of carbonyl (C=O) groups excluding carboxylic acids is 1. The molecule has 0 unspecified atom stereocenters. The molecule has 11 heteroatoms. The second kappa shape index (κ2) is 9.39. The number of ether oxygens (including phenoxy) is 1. The Balaban J connectivity index is 1.27. The number of non-ortho nitro benzene ring substituents is 1. The van der Waals surface area contributed by atoms with Crippen molar-refractivity contribution in [2.45, 2.75) is 38.3 Å². The number of aryl methyl sites for hydroxylation is 1. The van der Waals surface area contributed by atoms with Crippen molar-refractivity contribution in [3.63, 3.8) is 0 Å². The maximum Gasteiger partial charge on any atom is 0.419 e. The van der Waals surface area contributed by atoms with Crippen LogP contribution in [0.25, 0.3) is 11.1 Å². The summed E-state index contributed by atoms with van der Waals surface area (Å²) in [7, 11) is 0. The van der Waals surface area contributed by atoms with Gasteiger partial charge in [-0.3, -0.25) is 19.5 Å². The van der Waals surface area contributed by atoms with Gasteiger partial charge in [-0.15, -0.1) is 0 Å². The number of benzene rings is 2. The number of nitro benzene ring substituents is 1. The van der Waals surface area contributed by atoms with Gasteiger partial charge in [-0.2, -0.15) is 0 Å². The lowest BCUT2D eigenvalue weighted by Crippen LogP contribution is -2.41. The first-order valence-electron chi connectivity index (χ1n) is 10.5. The lowest BCUT2D eigenvalue weighted by Gasteiger charge is -2.32. The minimum atomic E-state index is -0.759. The van der Waals surface area contributed by atoms with Crippen molar-refractivity contribution in [2.24, 2.45) is 0 Å². The van der Waals surface area contributed by atoms with Gasteiger partial charge in [-0.05, 0) is 24.6 Å². The average molecular weight is 461 g/mol. The smallest absolute Gasteiger partial charge is 0.419 e. The number of carbonyl (C=O) groups is 1. The molecule has 1 amide bonds. The van der Waals surface area contributed by atoms with E-state index in [4.69, 9.17) is 9.15 Å². The van der Waals surface area contributed by atoms with Crippen LogP contribution in [0.4, 0.5) is 14.5 Å². The first-order chi connectivity index (χ1) is 15.8. The van der Waals surface area contributed by atoms with Crippen LogP contribution in [0.1, 0.15) is 25.7 Å². The molecule has 33 heavy (non-hydrogen) atoms. The molecule has 0 saturated carbocycles. The van der Waals surface area contributed by atoms with Gasteiger partial charge in [0.1, 0.15) is 11.9 Å². The molecule has 174 valence electrons. The highest BCUT2D eigenvalue weighted by molar-refractivity contribution is 5.77. The number of fused-ring (bicyclic) bond motifs is 1. The van der Waals surface area contributed by atoms with Crippen LogP contribution in [0.3, 0.4) is 0 Å². The standard InChI is InChI=1S/C22H21F2N3O6/c23-14-3-6-19(17(24)12-14)32-16-7-10-25(11-8-16)21(28)2-1-9-26-18-5-4-15(27(30)31)13-20(18)33-22(26)29/h3-6,12-13,16H,1-2,7-11H2. The van der Waals surface area contributed by atoms with Gasteiger partial charge in [0.25, 0.3) is 5.69 Å². The molecule has 0 aliphatic carbocycles. The maximum atomic E-state index is 13.8. The number of hydrogen-bond donors (Lipinski definition) is 0. The largest absolute Gasteiger partial charge is 0.487 e. The molecule has 3 aromatic rings. The van der Waals surface area contributed by atoms with Crippen LogP contribution in [-0.4, -0.2) is 39.5 Å². The predicted octanol–water partition coefficient (Wildman–Crippen LogP) is 3.63. The Morgan fingerprint density at radius 1 is 1.18 bits per heavy atom. The van der Waals surface area contributed by atoms with Crippen LogP contribution < -0.4 is 10.5 Å². The molecule has 0 spiro atoms. The van der Waals surface area contributed by atoms with E-state index in [9.17, 15) is 28.5 Å². The molecule has 4 rings (SSSR count). The van der Waals surface area contributed by atoms with Crippen LogP contribution in [0.2, 0.25) is 0 Å². The van der Waals surface area contributed by atoms with Crippen LogP contribution in [0.5, 0.6) is 5.75 Å². The van der Waals surface area contributed by atoms with Gasteiger partial charge < -0.3 is 14.1 Å². The zero-order chi connectivity index (χ0) is 23.5. The Morgan fingerprint density at radius 3 is 2.64 bits per heavy atom. The third-order valence-electron chi connectivity index (χ3n) is 5.62. The molecule has 2 heterocycles. The quantitative estimate of drug-likeness (QED) is 0.393. The van der Waals surface area contributed by atoms with Crippen molar-refractivity contribution < 1.29 is 27.7 Å². The molecule has 1 aromatic heterocycles. The first kappa shape index (κ1) is 22.4. The number of piperidine rings is 1. The van der Waals surface area contributed by atoms with Gasteiger partial charge in [0.05, 0.1) is 16.5 Å². The molecule has 1 aliphatic rings. The Hall–Kier alpha value is -3.76. The second-order valence-corrected chi connectivity index (χ2v) is 7.81. The highest BCUT2D eigenvalue weighted by atomic mass is 19.1. The minimum Gasteiger partial charge on any atom is -0.487 e. The number of oxazole rings is 1. The van der Waals surface area contributed by atoms with E-state index in [2.05, 4.69) is 0 Å². The Kier molecular flexibility index (Phi) is 6.38. The molecule has 1 saturated heterocycles. The predicted molar refractivity (Wildman–Crippen MR) is 113 cm³/mol. The van der Waals surface area contributed by atoms with E-state index in [1.807, 2.05) is 0 Å². The van der Waals surface area contributed by atoms with Gasteiger partial charge >= 0.3 is 5.76 Å². The number of likely N-dealkylation sites (tertiary alicyclic amines) is 1. The third-order valence-corrected chi connectivity index (χ3v) is 5.62. The zero-order valence-electron chi connectivity index (χ0n) is 17.5. The summed E-state index contributed by atoms with van der Waals surface area (Å²) in [6.45, 7) is 1.13. The Labute approximate surface area is 186 Å². The normalized spacial score (nSPS) is 14.5. The fourth-order valence-corrected chi connectivity index (χ4v) is 3.90. The monoisotopic (exact) mass is 461 g/mol. The van der Waals surface area contributed by atoms with Crippen molar-refractivity contribution in [3.8, 4) is 5.75 Å². The van der Waals surface area contributed by atoms with E-state index in [-0.39, 0.29) is 42.0 Å². The number of rotatable bonds is 7. The SMILES string of the molecule is O=C(CCCn1c(=O)oc2cc([N+](=O)[O-])ccc21)N1CCC(Oc2ccc(F)cc2F)CC1. The van der Waals surface area contributed by atoms with Gasteiger partial charge in [-0.25, -0.2) is 13.6 Å². The fourth-order valence-electron chi connectivity index (χ4n) is 3.90.